The van der Waals surface area contributed by atoms with Crippen LogP contribution in [0, 0.1) is 5.82 Å². The summed E-state index contributed by atoms with van der Waals surface area (Å²) in [4.78, 5) is 26.7. The number of carbonyl (C=O) groups excluding carboxylic acids is 1. The molecule has 1 fully saturated rings. The quantitative estimate of drug-likeness (QED) is 0.138. The maximum absolute atomic E-state index is 13.9. The van der Waals surface area contributed by atoms with Crippen molar-refractivity contribution in [3.05, 3.63) is 109 Å². The Morgan fingerprint density at radius 2 is 1.63 bits per heavy atom. The smallest absolute Gasteiger partial charge is 0.460 e. The van der Waals surface area contributed by atoms with Crippen LogP contribution >= 0.6 is 0 Å². The van der Waals surface area contributed by atoms with E-state index in [1.165, 1.54) is 18.5 Å². The molecule has 234 valence electrons. The second kappa shape index (κ2) is 13.8. The van der Waals surface area contributed by atoms with Crippen LogP contribution < -0.4 is 5.46 Å². The molecule has 2 aromatic heterocycles. The SMILES string of the molecule is CC(C)(C)OC(=O)C[C@H]1C[C@@H](CCn2c(-c3ccccc3)nc(-c3ccc(F)cc3)c2-c2ccncn2)OB(c2ccccc2)O1. The van der Waals surface area contributed by atoms with E-state index in [-0.39, 0.29) is 30.4 Å². The van der Waals surface area contributed by atoms with Gasteiger partial charge in [-0.15, -0.1) is 0 Å². The number of hydrogen-bond acceptors (Lipinski definition) is 7. The first-order valence-electron chi connectivity index (χ1n) is 15.5. The Bertz CT molecular complexity index is 1750. The average Bonchev–Trinajstić information content (AvgIpc) is 3.44. The van der Waals surface area contributed by atoms with Gasteiger partial charge in [-0.3, -0.25) is 4.79 Å². The fraction of sp³-hybridized carbons (Fsp3) is 0.278. The number of hydrogen-bond donors (Lipinski definition) is 0. The molecular formula is C36H36BFN4O4. The molecule has 0 saturated carbocycles. The molecule has 2 atom stereocenters. The number of benzene rings is 3. The van der Waals surface area contributed by atoms with Crippen molar-refractivity contribution in [1.29, 1.82) is 0 Å². The molecule has 0 aliphatic carbocycles. The van der Waals surface area contributed by atoms with Crippen molar-refractivity contribution in [1.82, 2.24) is 19.5 Å². The lowest BCUT2D eigenvalue weighted by molar-refractivity contribution is -0.157. The van der Waals surface area contributed by atoms with Gasteiger partial charge in [-0.05, 0) is 69.4 Å². The predicted molar refractivity (Wildman–Crippen MR) is 175 cm³/mol. The lowest BCUT2D eigenvalue weighted by Gasteiger charge is -2.35. The molecule has 46 heavy (non-hydrogen) atoms. The van der Waals surface area contributed by atoms with Crippen LogP contribution in [0.4, 0.5) is 4.39 Å². The van der Waals surface area contributed by atoms with Crippen LogP contribution in [0.5, 0.6) is 0 Å². The van der Waals surface area contributed by atoms with E-state index in [1.54, 1.807) is 18.3 Å². The van der Waals surface area contributed by atoms with E-state index >= 15 is 0 Å². The Morgan fingerprint density at radius 3 is 2.30 bits per heavy atom. The number of aromatic nitrogens is 4. The van der Waals surface area contributed by atoms with E-state index in [1.807, 2.05) is 87.5 Å². The van der Waals surface area contributed by atoms with Crippen molar-refractivity contribution < 1.29 is 23.2 Å². The van der Waals surface area contributed by atoms with Crippen LogP contribution in [0.25, 0.3) is 34.0 Å². The minimum absolute atomic E-state index is 0.127. The molecule has 0 unspecified atom stereocenters. The summed E-state index contributed by atoms with van der Waals surface area (Å²) >= 11 is 0. The van der Waals surface area contributed by atoms with Crippen molar-refractivity contribution in [2.24, 2.45) is 0 Å². The van der Waals surface area contributed by atoms with E-state index < -0.39 is 12.7 Å². The van der Waals surface area contributed by atoms with Crippen molar-refractivity contribution in [2.75, 3.05) is 0 Å². The van der Waals surface area contributed by atoms with Crippen LogP contribution in [-0.2, 0) is 25.4 Å². The number of imidazole rings is 1. The Hall–Kier alpha value is -4.67. The first-order chi connectivity index (χ1) is 22.2. The number of ether oxygens (including phenoxy) is 1. The summed E-state index contributed by atoms with van der Waals surface area (Å²) in [5, 5.41) is 0. The Labute approximate surface area is 268 Å². The highest BCUT2D eigenvalue weighted by molar-refractivity contribution is 6.61. The van der Waals surface area contributed by atoms with Gasteiger partial charge in [0.15, 0.2) is 0 Å². The first kappa shape index (κ1) is 31.3. The molecule has 1 aliphatic heterocycles. The molecule has 10 heteroatoms. The summed E-state index contributed by atoms with van der Waals surface area (Å²) in [7, 11) is -0.625. The molecular weight excluding hydrogens is 582 g/mol. The van der Waals surface area contributed by atoms with Gasteiger partial charge in [-0.25, -0.2) is 19.3 Å². The second-order valence-corrected chi connectivity index (χ2v) is 12.3. The van der Waals surface area contributed by atoms with Crippen molar-refractivity contribution in [2.45, 2.75) is 64.4 Å². The summed E-state index contributed by atoms with van der Waals surface area (Å²) in [6.07, 6.45) is 3.85. The number of nitrogens with zero attached hydrogens (tertiary/aromatic N) is 4. The average molecular weight is 619 g/mol. The van der Waals surface area contributed by atoms with Crippen LogP contribution in [0.2, 0.25) is 0 Å². The zero-order chi connectivity index (χ0) is 32.1. The molecule has 5 aromatic rings. The molecule has 8 nitrogen and oxygen atoms in total. The number of esters is 1. The first-order valence-corrected chi connectivity index (χ1v) is 15.5. The highest BCUT2D eigenvalue weighted by atomic mass is 19.1. The third kappa shape index (κ3) is 7.58. The highest BCUT2D eigenvalue weighted by Gasteiger charge is 2.37. The van der Waals surface area contributed by atoms with Gasteiger partial charge in [0.05, 0.1) is 29.6 Å². The van der Waals surface area contributed by atoms with Crippen molar-refractivity contribution in [3.8, 4) is 34.0 Å². The second-order valence-electron chi connectivity index (χ2n) is 12.3. The number of rotatable bonds is 9. The van der Waals surface area contributed by atoms with Gasteiger partial charge in [-0.1, -0.05) is 60.7 Å². The van der Waals surface area contributed by atoms with E-state index in [0.29, 0.717) is 30.8 Å². The lowest BCUT2D eigenvalue weighted by Crippen LogP contribution is -2.49. The van der Waals surface area contributed by atoms with Crippen LogP contribution in [0.1, 0.15) is 40.0 Å². The van der Waals surface area contributed by atoms with E-state index in [2.05, 4.69) is 14.5 Å². The number of carbonyl (C=O) groups is 1. The van der Waals surface area contributed by atoms with Gasteiger partial charge in [0.25, 0.3) is 0 Å². The van der Waals surface area contributed by atoms with Gasteiger partial charge >= 0.3 is 13.1 Å². The maximum atomic E-state index is 13.9. The minimum Gasteiger partial charge on any atom is -0.460 e. The van der Waals surface area contributed by atoms with E-state index in [4.69, 9.17) is 19.0 Å². The lowest BCUT2D eigenvalue weighted by atomic mass is 9.76. The van der Waals surface area contributed by atoms with Gasteiger partial charge in [0.1, 0.15) is 23.6 Å². The molecule has 3 heterocycles. The normalized spacial score (nSPS) is 16.7. The summed E-state index contributed by atoms with van der Waals surface area (Å²) in [5.74, 6) is 0.132. The Kier molecular flexibility index (Phi) is 9.37. The van der Waals surface area contributed by atoms with Gasteiger partial charge < -0.3 is 18.6 Å². The molecule has 0 spiro atoms. The maximum Gasteiger partial charge on any atom is 0.494 e. The third-order valence-electron chi connectivity index (χ3n) is 7.66. The predicted octanol–water partition coefficient (Wildman–Crippen LogP) is 6.50. The summed E-state index contributed by atoms with van der Waals surface area (Å²) in [5.41, 5.74) is 4.19. The molecule has 1 saturated heterocycles. The molecule has 3 aromatic carbocycles. The molecule has 0 amide bonds. The summed E-state index contributed by atoms with van der Waals surface area (Å²) in [6, 6.07) is 27.9. The summed E-state index contributed by atoms with van der Waals surface area (Å²) in [6.45, 7) is 6.10. The largest absolute Gasteiger partial charge is 0.494 e. The molecule has 0 N–H and O–H groups in total. The molecule has 1 aliphatic rings. The zero-order valence-corrected chi connectivity index (χ0v) is 26.2. The monoisotopic (exact) mass is 618 g/mol. The Morgan fingerprint density at radius 1 is 0.935 bits per heavy atom. The molecule has 0 radical (unpaired) electrons. The van der Waals surface area contributed by atoms with Crippen molar-refractivity contribution in [3.63, 3.8) is 0 Å². The summed E-state index contributed by atoms with van der Waals surface area (Å²) < 4.78 is 34.6. The fourth-order valence-corrected chi connectivity index (χ4v) is 5.69. The standard InChI is InChI=1S/C36H36BFN4O4/c1-36(2,3)44-32(43)23-30-22-29(45-37(46-30)27-12-8-5-9-13-27)19-21-42-34(31-18-20-39-24-40-31)33(25-14-16-28(38)17-15-25)41-35(42)26-10-6-4-7-11-26/h4-18,20,24,29-30H,19,21-23H2,1-3H3/t29-,30-/m1/s1. The van der Waals surface area contributed by atoms with Crippen LogP contribution in [-0.4, -0.2) is 50.4 Å². The van der Waals surface area contributed by atoms with Gasteiger partial charge in [0.2, 0.25) is 0 Å². The molecule has 6 rings (SSSR count). The van der Waals surface area contributed by atoms with Gasteiger partial charge in [0, 0.05) is 30.0 Å². The minimum atomic E-state index is -0.625. The Balaban J connectivity index is 1.36. The van der Waals surface area contributed by atoms with E-state index in [0.717, 1.165) is 28.1 Å². The van der Waals surface area contributed by atoms with E-state index in [9.17, 15) is 9.18 Å². The zero-order valence-electron chi connectivity index (χ0n) is 26.2. The highest BCUT2D eigenvalue weighted by Crippen LogP contribution is 2.36. The van der Waals surface area contributed by atoms with Crippen molar-refractivity contribution >= 4 is 18.6 Å². The topological polar surface area (TPSA) is 88.4 Å². The van der Waals surface area contributed by atoms with Gasteiger partial charge in [-0.2, -0.15) is 0 Å². The third-order valence-corrected chi connectivity index (χ3v) is 7.66. The van der Waals surface area contributed by atoms with Crippen LogP contribution in [0.15, 0.2) is 104 Å². The molecule has 0 bridgehead atoms. The fourth-order valence-electron chi connectivity index (χ4n) is 5.69. The van der Waals surface area contributed by atoms with Crippen LogP contribution in [0.3, 0.4) is 0 Å². The number of halogens is 1.